The van der Waals surface area contributed by atoms with Crippen molar-refractivity contribution in [2.24, 2.45) is 5.73 Å². The molecule has 6 heteroatoms. The number of likely N-dealkylation sites (tertiary alicyclic amines) is 1. The Kier molecular flexibility index (Phi) is 4.54. The van der Waals surface area contributed by atoms with E-state index in [0.29, 0.717) is 6.54 Å². The summed E-state index contributed by atoms with van der Waals surface area (Å²) in [6.07, 6.45) is 2.77. The Hall–Kier alpha value is -1.30. The van der Waals surface area contributed by atoms with E-state index in [0.717, 1.165) is 19.3 Å². The summed E-state index contributed by atoms with van der Waals surface area (Å²) < 4.78 is 0. The maximum absolute atomic E-state index is 11.9. The van der Waals surface area contributed by atoms with E-state index >= 15 is 0 Å². The maximum Gasteiger partial charge on any atom is 0.312 e. The van der Waals surface area contributed by atoms with Gasteiger partial charge >= 0.3 is 6.03 Å². The van der Waals surface area contributed by atoms with Crippen LogP contribution in [-0.2, 0) is 4.79 Å². The van der Waals surface area contributed by atoms with Crippen LogP contribution in [-0.4, -0.2) is 47.2 Å². The van der Waals surface area contributed by atoms with Crippen molar-refractivity contribution in [1.82, 2.24) is 10.2 Å². The Morgan fingerprint density at radius 2 is 2.25 bits per heavy atom. The largest absolute Gasteiger partial charge is 0.394 e. The van der Waals surface area contributed by atoms with E-state index in [1.54, 1.807) is 11.8 Å². The molecule has 1 aliphatic rings. The Morgan fingerprint density at radius 1 is 1.56 bits per heavy atom. The fourth-order valence-corrected chi connectivity index (χ4v) is 2.00. The molecule has 0 radical (unpaired) electrons. The number of amides is 3. The molecule has 1 fully saturated rings. The van der Waals surface area contributed by atoms with E-state index in [2.05, 4.69) is 5.32 Å². The number of hydrogen-bond donors (Lipinski definition) is 3. The van der Waals surface area contributed by atoms with Crippen LogP contribution in [0.25, 0.3) is 0 Å². The van der Waals surface area contributed by atoms with Gasteiger partial charge < -0.3 is 21.1 Å². The lowest BCUT2D eigenvalue weighted by atomic mass is 10.0. The zero-order valence-corrected chi connectivity index (χ0v) is 9.48. The van der Waals surface area contributed by atoms with Crippen molar-refractivity contribution >= 4 is 11.9 Å². The number of hydrogen-bond acceptors (Lipinski definition) is 3. The SMILES string of the molecule is CC(NC(N)=O)C(=O)N1CCCCC1CO. The number of rotatable bonds is 3. The zero-order chi connectivity index (χ0) is 12.1. The molecular formula is C10H19N3O3. The van der Waals surface area contributed by atoms with Crippen LogP contribution >= 0.6 is 0 Å². The molecule has 2 unspecified atom stereocenters. The first kappa shape index (κ1) is 12.8. The summed E-state index contributed by atoms with van der Waals surface area (Å²) in [6, 6.07) is -1.47. The lowest BCUT2D eigenvalue weighted by molar-refractivity contribution is -0.137. The first-order chi connectivity index (χ1) is 7.56. The van der Waals surface area contributed by atoms with Crippen molar-refractivity contribution in [3.8, 4) is 0 Å². The molecule has 16 heavy (non-hydrogen) atoms. The van der Waals surface area contributed by atoms with Crippen LogP contribution in [0.15, 0.2) is 0 Å². The second-order valence-corrected chi connectivity index (χ2v) is 4.09. The number of aliphatic hydroxyl groups excluding tert-OH is 1. The Bertz CT molecular complexity index is 270. The average molecular weight is 229 g/mol. The third-order valence-corrected chi connectivity index (χ3v) is 2.85. The van der Waals surface area contributed by atoms with Crippen molar-refractivity contribution in [3.05, 3.63) is 0 Å². The highest BCUT2D eigenvalue weighted by Gasteiger charge is 2.29. The highest BCUT2D eigenvalue weighted by Crippen LogP contribution is 2.17. The lowest BCUT2D eigenvalue weighted by Gasteiger charge is -2.36. The molecule has 0 saturated carbocycles. The molecule has 0 aromatic rings. The predicted molar refractivity (Wildman–Crippen MR) is 58.6 cm³/mol. The number of nitrogens with two attached hydrogens (primary N) is 1. The van der Waals surface area contributed by atoms with E-state index < -0.39 is 12.1 Å². The van der Waals surface area contributed by atoms with E-state index in [-0.39, 0.29) is 18.6 Å². The van der Waals surface area contributed by atoms with Gasteiger partial charge in [-0.3, -0.25) is 4.79 Å². The Balaban J connectivity index is 2.59. The molecule has 4 N–H and O–H groups in total. The van der Waals surface area contributed by atoms with Crippen molar-refractivity contribution in [2.75, 3.05) is 13.2 Å². The van der Waals surface area contributed by atoms with Gasteiger partial charge in [-0.15, -0.1) is 0 Å². The maximum atomic E-state index is 11.9. The van der Waals surface area contributed by atoms with Crippen molar-refractivity contribution < 1.29 is 14.7 Å². The van der Waals surface area contributed by atoms with Gasteiger partial charge in [-0.05, 0) is 26.2 Å². The van der Waals surface area contributed by atoms with Crippen LogP contribution in [0.5, 0.6) is 0 Å². The van der Waals surface area contributed by atoms with Crippen LogP contribution in [0, 0.1) is 0 Å². The second-order valence-electron chi connectivity index (χ2n) is 4.09. The van der Waals surface area contributed by atoms with Crippen LogP contribution in [0.4, 0.5) is 4.79 Å². The van der Waals surface area contributed by atoms with Gasteiger partial charge in [0.15, 0.2) is 0 Å². The molecule has 0 aromatic heterocycles. The third-order valence-electron chi connectivity index (χ3n) is 2.85. The lowest BCUT2D eigenvalue weighted by Crippen LogP contribution is -2.54. The summed E-state index contributed by atoms with van der Waals surface area (Å²) in [5.41, 5.74) is 4.96. The van der Waals surface area contributed by atoms with Gasteiger partial charge in [0.25, 0.3) is 0 Å². The summed E-state index contributed by atoms with van der Waals surface area (Å²) in [6.45, 7) is 2.19. The number of urea groups is 1. The number of aliphatic hydroxyl groups is 1. The number of piperidine rings is 1. The minimum Gasteiger partial charge on any atom is -0.394 e. The Morgan fingerprint density at radius 3 is 2.81 bits per heavy atom. The summed E-state index contributed by atoms with van der Waals surface area (Å²) in [4.78, 5) is 24.2. The molecule has 1 aliphatic heterocycles. The van der Waals surface area contributed by atoms with Gasteiger partial charge in [-0.1, -0.05) is 0 Å². The van der Waals surface area contributed by atoms with E-state index in [1.165, 1.54) is 0 Å². The van der Waals surface area contributed by atoms with E-state index in [1.807, 2.05) is 0 Å². The van der Waals surface area contributed by atoms with Crippen LogP contribution < -0.4 is 11.1 Å². The number of nitrogens with zero attached hydrogens (tertiary/aromatic N) is 1. The second kappa shape index (κ2) is 5.69. The molecule has 2 atom stereocenters. The van der Waals surface area contributed by atoms with E-state index in [4.69, 9.17) is 10.8 Å². The quantitative estimate of drug-likeness (QED) is 0.604. The highest BCUT2D eigenvalue weighted by atomic mass is 16.3. The first-order valence-electron chi connectivity index (χ1n) is 5.53. The topological polar surface area (TPSA) is 95.7 Å². The average Bonchev–Trinajstić information content (AvgIpc) is 2.27. The number of carbonyl (C=O) groups excluding carboxylic acids is 2. The van der Waals surface area contributed by atoms with Gasteiger partial charge in [0.2, 0.25) is 5.91 Å². The predicted octanol–water partition coefficient (Wildman–Crippen LogP) is -0.583. The molecular weight excluding hydrogens is 210 g/mol. The highest BCUT2D eigenvalue weighted by molar-refractivity contribution is 5.86. The molecule has 1 heterocycles. The number of nitrogens with one attached hydrogen (secondary N) is 1. The molecule has 1 saturated heterocycles. The van der Waals surface area contributed by atoms with E-state index in [9.17, 15) is 9.59 Å². The van der Waals surface area contributed by atoms with Gasteiger partial charge in [0.05, 0.1) is 12.6 Å². The monoisotopic (exact) mass is 229 g/mol. The van der Waals surface area contributed by atoms with Crippen LogP contribution in [0.1, 0.15) is 26.2 Å². The Labute approximate surface area is 94.8 Å². The third kappa shape index (κ3) is 3.10. The number of primary amides is 1. The van der Waals surface area contributed by atoms with Crippen LogP contribution in [0.2, 0.25) is 0 Å². The number of carbonyl (C=O) groups is 2. The summed E-state index contributed by atoms with van der Waals surface area (Å²) in [5, 5.41) is 11.5. The molecule has 0 aliphatic carbocycles. The standard InChI is InChI=1S/C10H19N3O3/c1-7(12-10(11)16)9(15)13-5-3-2-4-8(13)6-14/h7-8,14H,2-6H2,1H3,(H3,11,12,16). The summed E-state index contributed by atoms with van der Waals surface area (Å²) in [7, 11) is 0. The smallest absolute Gasteiger partial charge is 0.312 e. The fourth-order valence-electron chi connectivity index (χ4n) is 2.00. The molecule has 0 bridgehead atoms. The van der Waals surface area contributed by atoms with Gasteiger partial charge in [0, 0.05) is 6.54 Å². The summed E-state index contributed by atoms with van der Waals surface area (Å²) in [5.74, 6) is -0.183. The molecule has 0 aromatic carbocycles. The first-order valence-corrected chi connectivity index (χ1v) is 5.53. The minimum atomic E-state index is -0.710. The fraction of sp³-hybridized carbons (Fsp3) is 0.800. The molecule has 6 nitrogen and oxygen atoms in total. The summed E-state index contributed by atoms with van der Waals surface area (Å²) >= 11 is 0. The van der Waals surface area contributed by atoms with Crippen molar-refractivity contribution in [2.45, 2.75) is 38.3 Å². The molecule has 92 valence electrons. The molecule has 0 spiro atoms. The normalized spacial score (nSPS) is 22.6. The van der Waals surface area contributed by atoms with Crippen LogP contribution in [0.3, 0.4) is 0 Å². The zero-order valence-electron chi connectivity index (χ0n) is 9.48. The van der Waals surface area contributed by atoms with Crippen molar-refractivity contribution in [3.63, 3.8) is 0 Å². The van der Waals surface area contributed by atoms with Crippen molar-refractivity contribution in [1.29, 1.82) is 0 Å². The minimum absolute atomic E-state index is 0.0327. The molecule has 1 rings (SSSR count). The van der Waals surface area contributed by atoms with Gasteiger partial charge in [0.1, 0.15) is 6.04 Å². The molecule has 3 amide bonds. The van der Waals surface area contributed by atoms with Gasteiger partial charge in [-0.25, -0.2) is 4.79 Å². The van der Waals surface area contributed by atoms with Gasteiger partial charge in [-0.2, -0.15) is 0 Å².